The van der Waals surface area contributed by atoms with Gasteiger partial charge in [0.1, 0.15) is 5.82 Å². The molecule has 8 aromatic rings. The monoisotopic (exact) mass is 568 g/mol. The Balaban J connectivity index is 1.19. The Bertz CT molecular complexity index is 2250. The topological polar surface area (TPSA) is 8.17 Å². The zero-order valence-corrected chi connectivity index (χ0v) is 24.3. The molecule has 1 heterocycles. The van der Waals surface area contributed by atoms with Crippen molar-refractivity contribution in [3.05, 3.63) is 168 Å². The lowest BCUT2D eigenvalue weighted by Crippen LogP contribution is -2.12. The average molecular weight is 569 g/mol. The second-order valence-corrected chi connectivity index (χ2v) is 11.2. The first-order chi connectivity index (χ1) is 21.7. The van der Waals surface area contributed by atoms with Gasteiger partial charge in [-0.05, 0) is 95.1 Å². The molecule has 0 N–H and O–H groups in total. The summed E-state index contributed by atoms with van der Waals surface area (Å²) in [6, 6.07) is 49.5. The lowest BCUT2D eigenvalue weighted by Gasteiger charge is -2.27. The van der Waals surface area contributed by atoms with Crippen LogP contribution < -0.4 is 4.90 Å². The van der Waals surface area contributed by atoms with E-state index in [-0.39, 0.29) is 5.82 Å². The van der Waals surface area contributed by atoms with E-state index in [2.05, 4.69) is 127 Å². The molecule has 0 saturated carbocycles. The van der Waals surface area contributed by atoms with Crippen molar-refractivity contribution in [2.24, 2.45) is 0 Å². The van der Waals surface area contributed by atoms with Crippen molar-refractivity contribution < 1.29 is 4.39 Å². The van der Waals surface area contributed by atoms with E-state index in [0.29, 0.717) is 5.69 Å². The number of para-hydroxylation sites is 3. The number of nitrogens with zero attached hydrogens (tertiary/aromatic N) is 2. The maximum atomic E-state index is 15.1. The van der Waals surface area contributed by atoms with Crippen molar-refractivity contribution >= 4 is 61.8 Å². The predicted octanol–water partition coefficient (Wildman–Crippen LogP) is 11.5. The van der Waals surface area contributed by atoms with Gasteiger partial charge in [0, 0.05) is 27.8 Å². The summed E-state index contributed by atoms with van der Waals surface area (Å²) >= 11 is 0. The second kappa shape index (κ2) is 10.6. The van der Waals surface area contributed by atoms with Crippen molar-refractivity contribution in [2.45, 2.75) is 6.92 Å². The van der Waals surface area contributed by atoms with Crippen LogP contribution in [0.5, 0.6) is 0 Å². The van der Waals surface area contributed by atoms with Crippen LogP contribution in [-0.2, 0) is 0 Å². The first-order valence-corrected chi connectivity index (χ1v) is 14.9. The predicted molar refractivity (Wildman–Crippen MR) is 184 cm³/mol. The van der Waals surface area contributed by atoms with Gasteiger partial charge in [0.05, 0.1) is 16.7 Å². The van der Waals surface area contributed by atoms with Gasteiger partial charge in [0.25, 0.3) is 0 Å². The first-order valence-electron chi connectivity index (χ1n) is 14.9. The van der Waals surface area contributed by atoms with E-state index >= 15 is 4.39 Å². The molecular weight excluding hydrogens is 539 g/mol. The van der Waals surface area contributed by atoms with E-state index in [4.69, 9.17) is 0 Å². The van der Waals surface area contributed by atoms with Gasteiger partial charge in [-0.25, -0.2) is 4.39 Å². The molecule has 0 bridgehead atoms. The van der Waals surface area contributed by atoms with Gasteiger partial charge in [-0.2, -0.15) is 0 Å². The van der Waals surface area contributed by atoms with Crippen molar-refractivity contribution in [3.63, 3.8) is 0 Å². The first kappa shape index (κ1) is 26.0. The van der Waals surface area contributed by atoms with Gasteiger partial charge in [-0.1, -0.05) is 97.1 Å². The minimum Gasteiger partial charge on any atom is -0.309 e. The molecule has 1 aromatic heterocycles. The summed E-state index contributed by atoms with van der Waals surface area (Å²) in [4.78, 5) is 1.99. The summed E-state index contributed by atoms with van der Waals surface area (Å²) in [6.45, 7) is 2.05. The van der Waals surface area contributed by atoms with E-state index in [0.717, 1.165) is 33.8 Å². The molecule has 0 aliphatic carbocycles. The third-order valence-corrected chi connectivity index (χ3v) is 8.50. The Morgan fingerprint density at radius 1 is 0.545 bits per heavy atom. The molecule has 2 nitrogen and oxygen atoms in total. The van der Waals surface area contributed by atoms with Crippen LogP contribution in [0.15, 0.2) is 146 Å². The normalized spacial score (nSPS) is 11.8. The SMILES string of the molecule is Cc1ccccc1N(c1ccc(/C=C/c2cc3ccc4cccc5c4c3c(c2)n5-c2ccccc2)cc1)c1ccccc1F. The van der Waals surface area contributed by atoms with Crippen molar-refractivity contribution in [1.82, 2.24) is 4.57 Å². The Labute approximate surface area is 255 Å². The van der Waals surface area contributed by atoms with E-state index < -0.39 is 0 Å². The lowest BCUT2D eigenvalue weighted by molar-refractivity contribution is 0.629. The molecule has 0 spiro atoms. The van der Waals surface area contributed by atoms with E-state index in [1.54, 1.807) is 6.07 Å². The third-order valence-electron chi connectivity index (χ3n) is 8.50. The molecule has 8 rings (SSSR count). The Kier molecular flexibility index (Phi) is 6.23. The lowest BCUT2D eigenvalue weighted by atomic mass is 10.00. The fraction of sp³-hybridized carbons (Fsp3) is 0.0244. The average Bonchev–Trinajstić information content (AvgIpc) is 3.40. The van der Waals surface area contributed by atoms with Crippen molar-refractivity contribution in [1.29, 1.82) is 0 Å². The summed E-state index contributed by atoms with van der Waals surface area (Å²) in [5.74, 6) is -0.256. The van der Waals surface area contributed by atoms with Crippen molar-refractivity contribution in [3.8, 4) is 5.69 Å². The molecule has 0 aliphatic rings. The number of anilines is 3. The van der Waals surface area contributed by atoms with Crippen LogP contribution in [0, 0.1) is 12.7 Å². The van der Waals surface area contributed by atoms with Crippen LogP contribution in [0.4, 0.5) is 21.5 Å². The number of rotatable bonds is 6. The highest BCUT2D eigenvalue weighted by Gasteiger charge is 2.18. The number of hydrogen-bond acceptors (Lipinski definition) is 1. The Hall–Kier alpha value is -5.67. The highest BCUT2D eigenvalue weighted by Crippen LogP contribution is 2.40. The molecule has 44 heavy (non-hydrogen) atoms. The number of hydrogen-bond donors (Lipinski definition) is 0. The Morgan fingerprint density at radius 2 is 1.23 bits per heavy atom. The van der Waals surface area contributed by atoms with Crippen LogP contribution >= 0.6 is 0 Å². The number of benzene rings is 7. The molecule has 0 aliphatic heterocycles. The molecular formula is C41H29FN2. The molecule has 0 atom stereocenters. The van der Waals surface area contributed by atoms with Gasteiger partial charge < -0.3 is 9.47 Å². The van der Waals surface area contributed by atoms with Gasteiger partial charge >= 0.3 is 0 Å². The fourth-order valence-electron chi connectivity index (χ4n) is 6.45. The molecule has 7 aromatic carbocycles. The van der Waals surface area contributed by atoms with E-state index in [1.807, 2.05) is 35.2 Å². The largest absolute Gasteiger partial charge is 0.309 e. The highest BCUT2D eigenvalue weighted by molar-refractivity contribution is 6.24. The van der Waals surface area contributed by atoms with Gasteiger partial charge in [0.2, 0.25) is 0 Å². The third kappa shape index (κ3) is 4.33. The fourth-order valence-corrected chi connectivity index (χ4v) is 6.45. The Morgan fingerprint density at radius 3 is 2.02 bits per heavy atom. The number of halogens is 1. The van der Waals surface area contributed by atoms with E-state index in [9.17, 15) is 0 Å². The minimum absolute atomic E-state index is 0.256. The van der Waals surface area contributed by atoms with Gasteiger partial charge in [0.15, 0.2) is 0 Å². The maximum absolute atomic E-state index is 15.1. The van der Waals surface area contributed by atoms with Gasteiger partial charge in [-0.3, -0.25) is 0 Å². The van der Waals surface area contributed by atoms with Crippen LogP contribution in [0.25, 0.3) is 50.4 Å². The van der Waals surface area contributed by atoms with Crippen LogP contribution in [0.1, 0.15) is 16.7 Å². The highest BCUT2D eigenvalue weighted by atomic mass is 19.1. The molecule has 0 unspecified atom stereocenters. The quantitative estimate of drug-likeness (QED) is 0.143. The molecule has 0 amide bonds. The summed E-state index contributed by atoms with van der Waals surface area (Å²) in [6.07, 6.45) is 4.32. The maximum Gasteiger partial charge on any atom is 0.147 e. The molecule has 0 saturated heterocycles. The van der Waals surface area contributed by atoms with Crippen LogP contribution in [-0.4, -0.2) is 4.57 Å². The standard InChI is InChI=1S/C41H29FN2/c1-28-10-5-7-15-36(28)43(37-16-8-6-14-35(37)42)34-24-20-29(21-25-34)18-19-30-26-32-23-22-31-11-9-17-38-40(31)41(32)39(27-30)44(38)33-12-3-2-4-13-33/h2-27H,1H3/b19-18+. The molecule has 3 heteroatoms. The zero-order valence-electron chi connectivity index (χ0n) is 24.3. The molecule has 0 radical (unpaired) electrons. The smallest absolute Gasteiger partial charge is 0.147 e. The van der Waals surface area contributed by atoms with E-state index in [1.165, 1.54) is 38.6 Å². The number of aromatic nitrogens is 1. The molecule has 210 valence electrons. The molecule has 0 fully saturated rings. The second-order valence-electron chi connectivity index (χ2n) is 11.2. The summed E-state index contributed by atoms with van der Waals surface area (Å²) < 4.78 is 17.4. The summed E-state index contributed by atoms with van der Waals surface area (Å²) in [7, 11) is 0. The number of aryl methyl sites for hydroxylation is 1. The van der Waals surface area contributed by atoms with Crippen LogP contribution in [0.3, 0.4) is 0 Å². The summed E-state index contributed by atoms with van der Waals surface area (Å²) in [5, 5.41) is 5.10. The minimum atomic E-state index is -0.256. The van der Waals surface area contributed by atoms with Crippen molar-refractivity contribution in [2.75, 3.05) is 4.90 Å². The summed E-state index contributed by atoms with van der Waals surface area (Å²) in [5.41, 5.74) is 9.25. The van der Waals surface area contributed by atoms with Gasteiger partial charge in [-0.15, -0.1) is 0 Å². The zero-order chi connectivity index (χ0) is 29.6. The van der Waals surface area contributed by atoms with Crippen LogP contribution in [0.2, 0.25) is 0 Å².